The van der Waals surface area contributed by atoms with Crippen molar-refractivity contribution in [2.75, 3.05) is 0 Å². The van der Waals surface area contributed by atoms with Gasteiger partial charge >= 0.3 is 0 Å². The van der Waals surface area contributed by atoms with Gasteiger partial charge in [-0.2, -0.15) is 0 Å². The van der Waals surface area contributed by atoms with Gasteiger partial charge in [0.25, 0.3) is 0 Å². The van der Waals surface area contributed by atoms with Gasteiger partial charge in [-0.25, -0.2) is 4.39 Å². The van der Waals surface area contributed by atoms with Gasteiger partial charge in [0.15, 0.2) is 0 Å². The zero-order chi connectivity index (χ0) is 14.1. The van der Waals surface area contributed by atoms with Gasteiger partial charge in [-0.05, 0) is 17.2 Å². The number of nitrogens with one attached hydrogen (secondary N) is 1. The van der Waals surface area contributed by atoms with Gasteiger partial charge in [-0.3, -0.25) is 10.3 Å². The number of benzene rings is 2. The minimum absolute atomic E-state index is 0.107. The summed E-state index contributed by atoms with van der Waals surface area (Å²) in [5.41, 5.74) is 9.05. The lowest BCUT2D eigenvalue weighted by Gasteiger charge is -2.15. The Labute approximate surface area is 117 Å². The van der Waals surface area contributed by atoms with Crippen molar-refractivity contribution in [3.63, 3.8) is 0 Å². The van der Waals surface area contributed by atoms with E-state index in [0.717, 1.165) is 13.1 Å². The first-order valence-electron chi connectivity index (χ1n) is 6.55. The van der Waals surface area contributed by atoms with Crippen LogP contribution in [0.4, 0.5) is 4.39 Å². The van der Waals surface area contributed by atoms with Crippen LogP contribution in [-0.4, -0.2) is 10.7 Å². The summed E-state index contributed by atoms with van der Waals surface area (Å²) in [6.45, 7) is 2.27. The maximum Gasteiger partial charge on any atom is 0.128 e. The maximum atomic E-state index is 14.0. The summed E-state index contributed by atoms with van der Waals surface area (Å²) in [5.74, 6) is -0.405. The van der Waals surface area contributed by atoms with Crippen LogP contribution in [0, 0.1) is 11.2 Å². The van der Waals surface area contributed by atoms with Crippen LogP contribution in [0.1, 0.15) is 22.3 Å². The molecule has 0 fully saturated rings. The van der Waals surface area contributed by atoms with E-state index in [9.17, 15) is 4.39 Å². The molecule has 0 amide bonds. The molecule has 0 aliphatic carbocycles. The summed E-state index contributed by atoms with van der Waals surface area (Å²) in [6.07, 6.45) is 0. The summed E-state index contributed by atoms with van der Waals surface area (Å²) in [6, 6.07) is 13.0. The summed E-state index contributed by atoms with van der Waals surface area (Å²) in [4.78, 5) is 2.20. The number of nitrogens with zero attached hydrogens (tertiary/aromatic N) is 1. The van der Waals surface area contributed by atoms with E-state index in [1.54, 1.807) is 12.1 Å². The van der Waals surface area contributed by atoms with Crippen LogP contribution < -0.4 is 5.73 Å². The Bertz CT molecular complexity index is 642. The van der Waals surface area contributed by atoms with Crippen molar-refractivity contribution in [1.29, 1.82) is 5.41 Å². The van der Waals surface area contributed by atoms with Crippen molar-refractivity contribution < 1.29 is 4.39 Å². The van der Waals surface area contributed by atoms with Gasteiger partial charge in [0.05, 0.1) is 0 Å². The second kappa shape index (κ2) is 5.06. The van der Waals surface area contributed by atoms with E-state index in [0.29, 0.717) is 17.7 Å². The molecule has 0 saturated heterocycles. The monoisotopic (exact) mass is 269 g/mol. The van der Waals surface area contributed by atoms with Crippen LogP contribution in [0.15, 0.2) is 42.5 Å². The van der Waals surface area contributed by atoms with Crippen LogP contribution >= 0.6 is 0 Å². The van der Waals surface area contributed by atoms with Gasteiger partial charge in [0.1, 0.15) is 11.7 Å². The molecular weight excluding hydrogens is 253 g/mol. The molecule has 20 heavy (non-hydrogen) atoms. The molecule has 3 rings (SSSR count). The lowest BCUT2D eigenvalue weighted by Crippen LogP contribution is -2.17. The number of halogens is 1. The predicted molar refractivity (Wildman–Crippen MR) is 76.8 cm³/mol. The molecule has 0 saturated carbocycles. The molecule has 1 heterocycles. The highest BCUT2D eigenvalue weighted by Crippen LogP contribution is 2.24. The number of hydrogen-bond acceptors (Lipinski definition) is 2. The predicted octanol–water partition coefficient (Wildman–Crippen LogP) is 2.63. The lowest BCUT2D eigenvalue weighted by molar-refractivity contribution is 0.271. The third-order valence-corrected chi connectivity index (χ3v) is 3.66. The summed E-state index contributed by atoms with van der Waals surface area (Å²) < 4.78 is 14.0. The molecule has 1 aliphatic rings. The molecule has 4 heteroatoms. The largest absolute Gasteiger partial charge is 0.384 e. The smallest absolute Gasteiger partial charge is 0.128 e. The number of rotatable bonds is 3. The Kier molecular flexibility index (Phi) is 3.24. The van der Waals surface area contributed by atoms with Gasteiger partial charge in [-0.1, -0.05) is 36.4 Å². The molecule has 0 aromatic heterocycles. The second-order valence-electron chi connectivity index (χ2n) is 5.13. The highest BCUT2D eigenvalue weighted by Gasteiger charge is 2.19. The second-order valence-corrected chi connectivity index (χ2v) is 5.13. The van der Waals surface area contributed by atoms with Gasteiger partial charge < -0.3 is 5.73 Å². The number of amidine groups is 1. The van der Waals surface area contributed by atoms with Crippen molar-refractivity contribution in [3.8, 4) is 0 Å². The zero-order valence-corrected chi connectivity index (χ0v) is 11.1. The van der Waals surface area contributed by atoms with E-state index in [4.69, 9.17) is 11.1 Å². The first-order chi connectivity index (χ1) is 9.63. The summed E-state index contributed by atoms with van der Waals surface area (Å²) in [5, 5.41) is 7.32. The Morgan fingerprint density at radius 3 is 2.35 bits per heavy atom. The Morgan fingerprint density at radius 2 is 1.80 bits per heavy atom. The number of nitrogen functional groups attached to an aromatic ring is 1. The average Bonchev–Trinajstić information content (AvgIpc) is 2.83. The highest BCUT2D eigenvalue weighted by molar-refractivity contribution is 5.94. The molecular formula is C16H16FN3. The van der Waals surface area contributed by atoms with Gasteiger partial charge in [0, 0.05) is 30.8 Å². The standard InChI is InChI=1S/C16H16FN3/c17-15-7-11(16(18)19)5-6-14(15)10-20-8-12-3-1-2-4-13(12)9-20/h1-7H,8-10H2,(H3,18,19). The molecule has 0 spiro atoms. The third-order valence-electron chi connectivity index (χ3n) is 3.66. The zero-order valence-electron chi connectivity index (χ0n) is 11.1. The molecule has 3 nitrogen and oxygen atoms in total. The van der Waals surface area contributed by atoms with Gasteiger partial charge in [-0.15, -0.1) is 0 Å². The number of fused-ring (bicyclic) bond motifs is 1. The molecule has 3 N–H and O–H groups in total. The fourth-order valence-electron chi connectivity index (χ4n) is 2.60. The highest BCUT2D eigenvalue weighted by atomic mass is 19.1. The quantitative estimate of drug-likeness (QED) is 0.665. The van der Waals surface area contributed by atoms with Crippen molar-refractivity contribution in [2.24, 2.45) is 5.73 Å². The molecule has 0 unspecified atom stereocenters. The molecule has 1 aliphatic heterocycles. The Morgan fingerprint density at radius 1 is 1.15 bits per heavy atom. The first-order valence-corrected chi connectivity index (χ1v) is 6.55. The number of nitrogens with two attached hydrogens (primary N) is 1. The van der Waals surface area contributed by atoms with Crippen molar-refractivity contribution in [3.05, 3.63) is 70.5 Å². The van der Waals surface area contributed by atoms with E-state index in [-0.39, 0.29) is 11.7 Å². The van der Waals surface area contributed by atoms with Gasteiger partial charge in [0.2, 0.25) is 0 Å². The summed E-state index contributed by atoms with van der Waals surface area (Å²) >= 11 is 0. The summed E-state index contributed by atoms with van der Waals surface area (Å²) in [7, 11) is 0. The minimum atomic E-state index is -0.298. The van der Waals surface area contributed by atoms with Crippen molar-refractivity contribution in [1.82, 2.24) is 4.90 Å². The SMILES string of the molecule is N=C(N)c1ccc(CN2Cc3ccccc3C2)c(F)c1. The fourth-order valence-corrected chi connectivity index (χ4v) is 2.60. The molecule has 2 aromatic carbocycles. The Balaban J connectivity index is 1.75. The normalized spacial score (nSPS) is 14.2. The molecule has 0 bridgehead atoms. The van der Waals surface area contributed by atoms with Crippen LogP contribution in [0.25, 0.3) is 0 Å². The van der Waals surface area contributed by atoms with Crippen LogP contribution in [0.2, 0.25) is 0 Å². The van der Waals surface area contributed by atoms with Crippen LogP contribution in [-0.2, 0) is 19.6 Å². The average molecular weight is 269 g/mol. The van der Waals surface area contributed by atoms with Crippen LogP contribution in [0.5, 0.6) is 0 Å². The maximum absolute atomic E-state index is 14.0. The molecule has 0 atom stereocenters. The topological polar surface area (TPSA) is 53.1 Å². The minimum Gasteiger partial charge on any atom is -0.384 e. The Hall–Kier alpha value is -2.20. The molecule has 2 aromatic rings. The van der Waals surface area contributed by atoms with Crippen molar-refractivity contribution in [2.45, 2.75) is 19.6 Å². The van der Waals surface area contributed by atoms with E-state index < -0.39 is 0 Å². The molecule has 102 valence electrons. The van der Waals surface area contributed by atoms with E-state index in [2.05, 4.69) is 17.0 Å². The first kappa shape index (κ1) is 12.8. The third kappa shape index (κ3) is 2.42. The lowest BCUT2D eigenvalue weighted by atomic mass is 10.1. The number of hydrogen-bond donors (Lipinski definition) is 2. The van der Waals surface area contributed by atoms with Crippen LogP contribution in [0.3, 0.4) is 0 Å². The fraction of sp³-hybridized carbons (Fsp3) is 0.188. The van der Waals surface area contributed by atoms with E-state index in [1.807, 2.05) is 12.1 Å². The van der Waals surface area contributed by atoms with E-state index >= 15 is 0 Å². The van der Waals surface area contributed by atoms with Crippen molar-refractivity contribution >= 4 is 5.84 Å². The van der Waals surface area contributed by atoms with E-state index in [1.165, 1.54) is 17.2 Å². The molecule has 0 radical (unpaired) electrons.